The number of amides is 1. The van der Waals surface area contributed by atoms with Crippen LogP contribution >= 0.6 is 11.3 Å². The molecule has 3 aromatic rings. The number of aromatic nitrogens is 2. The summed E-state index contributed by atoms with van der Waals surface area (Å²) < 4.78 is 30.3. The fraction of sp³-hybridized carbons (Fsp3) is 0.350. The van der Waals surface area contributed by atoms with Gasteiger partial charge in [0, 0.05) is 25.5 Å². The molecule has 1 saturated heterocycles. The first-order valence-electron chi connectivity index (χ1n) is 9.73. The first-order chi connectivity index (χ1) is 14.7. The molecule has 9 nitrogen and oxygen atoms in total. The van der Waals surface area contributed by atoms with Gasteiger partial charge in [0.05, 0.1) is 22.5 Å². The highest BCUT2D eigenvalue weighted by Gasteiger charge is 2.39. The number of nitrogens with one attached hydrogen (secondary N) is 1. The van der Waals surface area contributed by atoms with Crippen molar-refractivity contribution in [3.05, 3.63) is 61.3 Å². The lowest BCUT2D eigenvalue weighted by atomic mass is 10.2. The maximum absolute atomic E-state index is 13.4. The summed E-state index contributed by atoms with van der Waals surface area (Å²) in [6, 6.07) is 7.29. The average Bonchev–Trinajstić information content (AvgIpc) is 3.46. The van der Waals surface area contributed by atoms with Gasteiger partial charge in [-0.2, -0.15) is 4.31 Å². The molecule has 1 aliphatic heterocycles. The molecule has 31 heavy (non-hydrogen) atoms. The number of benzene rings is 1. The van der Waals surface area contributed by atoms with Crippen molar-refractivity contribution >= 4 is 38.3 Å². The van der Waals surface area contributed by atoms with E-state index >= 15 is 0 Å². The van der Waals surface area contributed by atoms with Crippen LogP contribution in [0.5, 0.6) is 0 Å². The molecule has 0 aliphatic carbocycles. The van der Waals surface area contributed by atoms with E-state index in [4.69, 9.17) is 0 Å². The highest BCUT2D eigenvalue weighted by atomic mass is 32.2. The van der Waals surface area contributed by atoms with Gasteiger partial charge in [-0.15, -0.1) is 11.3 Å². The van der Waals surface area contributed by atoms with E-state index in [2.05, 4.69) is 5.32 Å². The molecule has 0 saturated carbocycles. The second kappa shape index (κ2) is 8.06. The molecule has 3 heterocycles. The van der Waals surface area contributed by atoms with Gasteiger partial charge in [0.25, 0.3) is 0 Å². The fourth-order valence-corrected chi connectivity index (χ4v) is 6.17. The minimum Gasteiger partial charge on any atom is -0.350 e. The highest BCUT2D eigenvalue weighted by molar-refractivity contribution is 7.89. The first-order valence-corrected chi connectivity index (χ1v) is 12.1. The third-order valence-electron chi connectivity index (χ3n) is 5.59. The Kier molecular flexibility index (Phi) is 5.58. The summed E-state index contributed by atoms with van der Waals surface area (Å²) in [6.45, 7) is 0.594. The van der Waals surface area contributed by atoms with E-state index < -0.39 is 27.2 Å². The van der Waals surface area contributed by atoms with Crippen molar-refractivity contribution in [1.82, 2.24) is 18.8 Å². The summed E-state index contributed by atoms with van der Waals surface area (Å²) in [6.07, 6.45) is 1.02. The van der Waals surface area contributed by atoms with E-state index in [0.717, 1.165) is 9.44 Å². The van der Waals surface area contributed by atoms with Crippen molar-refractivity contribution in [2.45, 2.75) is 30.3 Å². The van der Waals surface area contributed by atoms with E-state index in [1.165, 1.54) is 52.5 Å². The van der Waals surface area contributed by atoms with Crippen LogP contribution in [0.2, 0.25) is 0 Å². The molecule has 1 amide bonds. The van der Waals surface area contributed by atoms with Gasteiger partial charge in [-0.05, 0) is 42.5 Å². The first kappa shape index (κ1) is 21.5. The Morgan fingerprint density at radius 1 is 1.13 bits per heavy atom. The molecule has 1 N–H and O–H groups in total. The Morgan fingerprint density at radius 2 is 1.84 bits per heavy atom. The summed E-state index contributed by atoms with van der Waals surface area (Å²) in [5, 5.41) is 4.74. The van der Waals surface area contributed by atoms with Gasteiger partial charge in [0.1, 0.15) is 6.04 Å². The van der Waals surface area contributed by atoms with E-state index in [-0.39, 0.29) is 17.3 Å². The zero-order valence-electron chi connectivity index (χ0n) is 17.1. The van der Waals surface area contributed by atoms with Crippen LogP contribution in [0, 0.1) is 0 Å². The van der Waals surface area contributed by atoms with Gasteiger partial charge in [-0.25, -0.2) is 8.42 Å². The number of fused-ring (bicyclic) bond motifs is 1. The van der Waals surface area contributed by atoms with Crippen molar-refractivity contribution < 1.29 is 13.2 Å². The third kappa shape index (κ3) is 3.73. The predicted molar refractivity (Wildman–Crippen MR) is 118 cm³/mol. The molecular formula is C20H22N4O5S2. The molecule has 1 fully saturated rings. The predicted octanol–water partition coefficient (Wildman–Crippen LogP) is 0.768. The number of aryl methyl sites for hydroxylation is 2. The molecule has 1 aromatic carbocycles. The Hall–Kier alpha value is -2.76. The van der Waals surface area contributed by atoms with E-state index in [9.17, 15) is 22.8 Å². The monoisotopic (exact) mass is 462 g/mol. The fourth-order valence-electron chi connectivity index (χ4n) is 3.85. The molecule has 2 aromatic heterocycles. The van der Waals surface area contributed by atoms with Crippen LogP contribution in [0.3, 0.4) is 0 Å². The molecule has 164 valence electrons. The zero-order valence-corrected chi connectivity index (χ0v) is 18.7. The second-order valence-corrected chi connectivity index (χ2v) is 10.4. The number of sulfonamides is 1. The van der Waals surface area contributed by atoms with E-state index in [1.54, 1.807) is 0 Å². The Morgan fingerprint density at radius 3 is 2.52 bits per heavy atom. The van der Waals surface area contributed by atoms with Gasteiger partial charge in [0.15, 0.2) is 0 Å². The topological polar surface area (TPSA) is 110 Å². The molecule has 0 radical (unpaired) electrons. The molecule has 0 spiro atoms. The summed E-state index contributed by atoms with van der Waals surface area (Å²) in [7, 11) is -1.08. The summed E-state index contributed by atoms with van der Waals surface area (Å²) in [5.41, 5.74) is -0.659. The minimum absolute atomic E-state index is 0.0217. The normalized spacial score (nSPS) is 17.3. The molecule has 1 atom stereocenters. The summed E-state index contributed by atoms with van der Waals surface area (Å²) >= 11 is 1.52. The molecule has 0 bridgehead atoms. The lowest BCUT2D eigenvalue weighted by Gasteiger charge is -2.23. The molecule has 4 rings (SSSR count). The third-order valence-corrected chi connectivity index (χ3v) is 8.37. The number of hydrogen-bond acceptors (Lipinski definition) is 6. The number of nitrogens with zero attached hydrogens (tertiary/aromatic N) is 3. The van der Waals surface area contributed by atoms with Crippen LogP contribution in [0.15, 0.2) is 50.2 Å². The highest BCUT2D eigenvalue weighted by Crippen LogP contribution is 2.28. The summed E-state index contributed by atoms with van der Waals surface area (Å²) in [5.74, 6) is -0.329. The van der Waals surface area contributed by atoms with Crippen LogP contribution in [-0.2, 0) is 35.5 Å². The standard InChI is InChI=1S/C20H22N4O5S2/c1-22-15-8-7-14(11-17(15)23(2)20(27)19(22)26)31(28,29)24-9-3-6-16(24)18(25)21-12-13-5-4-10-30-13/h4-5,7-8,10-11,16H,3,6,9,12H2,1-2H3,(H,21,25)/t16-/m1/s1. The number of rotatable bonds is 5. The van der Waals surface area contributed by atoms with Gasteiger partial charge >= 0.3 is 11.1 Å². The lowest BCUT2D eigenvalue weighted by molar-refractivity contribution is -0.124. The number of carbonyl (C=O) groups is 1. The van der Waals surface area contributed by atoms with E-state index in [1.807, 2.05) is 17.5 Å². The van der Waals surface area contributed by atoms with Crippen LogP contribution in [0.4, 0.5) is 0 Å². The van der Waals surface area contributed by atoms with Gasteiger partial charge in [0.2, 0.25) is 15.9 Å². The molecular weight excluding hydrogens is 440 g/mol. The van der Waals surface area contributed by atoms with Crippen LogP contribution in [0.25, 0.3) is 11.0 Å². The lowest BCUT2D eigenvalue weighted by Crippen LogP contribution is -2.45. The van der Waals surface area contributed by atoms with Gasteiger partial charge < -0.3 is 14.5 Å². The van der Waals surface area contributed by atoms with Crippen molar-refractivity contribution in [3.63, 3.8) is 0 Å². The minimum atomic E-state index is -3.98. The Labute approximate surface area is 182 Å². The number of thiophene rings is 1. The zero-order chi connectivity index (χ0) is 22.3. The quantitative estimate of drug-likeness (QED) is 0.563. The van der Waals surface area contributed by atoms with Crippen molar-refractivity contribution in [1.29, 1.82) is 0 Å². The van der Waals surface area contributed by atoms with Gasteiger partial charge in [-0.3, -0.25) is 14.4 Å². The average molecular weight is 463 g/mol. The smallest absolute Gasteiger partial charge is 0.316 e. The van der Waals surface area contributed by atoms with Crippen LogP contribution in [0.1, 0.15) is 17.7 Å². The SMILES string of the molecule is Cn1c(=O)c(=O)n(C)c2cc(S(=O)(=O)N3CCC[C@@H]3C(=O)NCc3cccs3)ccc21. The molecule has 11 heteroatoms. The van der Waals surface area contributed by atoms with Crippen molar-refractivity contribution in [2.75, 3.05) is 6.54 Å². The Balaban J connectivity index is 1.67. The summed E-state index contributed by atoms with van der Waals surface area (Å²) in [4.78, 5) is 37.9. The van der Waals surface area contributed by atoms with Crippen LogP contribution in [-0.4, -0.2) is 40.4 Å². The number of hydrogen-bond donors (Lipinski definition) is 1. The van der Waals surface area contributed by atoms with Gasteiger partial charge in [-0.1, -0.05) is 6.07 Å². The maximum atomic E-state index is 13.4. The Bertz CT molecular complexity index is 1370. The van der Waals surface area contributed by atoms with Crippen molar-refractivity contribution in [3.8, 4) is 0 Å². The second-order valence-electron chi connectivity index (χ2n) is 7.45. The molecule has 1 aliphatic rings. The van der Waals surface area contributed by atoms with Crippen LogP contribution < -0.4 is 16.4 Å². The number of carbonyl (C=O) groups excluding carboxylic acids is 1. The largest absolute Gasteiger partial charge is 0.350 e. The maximum Gasteiger partial charge on any atom is 0.316 e. The van der Waals surface area contributed by atoms with E-state index in [0.29, 0.717) is 30.4 Å². The van der Waals surface area contributed by atoms with Crippen molar-refractivity contribution in [2.24, 2.45) is 14.1 Å². The molecule has 0 unspecified atom stereocenters.